The molecule has 1 aromatic carbocycles. The largest absolute Gasteiger partial charge is 0.493 e. The molecule has 4 heterocycles. The van der Waals surface area contributed by atoms with Crippen LogP contribution in [0.1, 0.15) is 36.4 Å². The Balaban J connectivity index is 1.28. The lowest BCUT2D eigenvalue weighted by Crippen LogP contribution is -2.39. The molecule has 0 bridgehead atoms. The van der Waals surface area contributed by atoms with E-state index in [1.807, 2.05) is 59.6 Å². The molecule has 0 saturated carbocycles. The lowest BCUT2D eigenvalue weighted by atomic mass is 9.93. The van der Waals surface area contributed by atoms with Crippen molar-refractivity contribution in [3.8, 4) is 5.75 Å². The summed E-state index contributed by atoms with van der Waals surface area (Å²) in [5.41, 5.74) is 3.12. The van der Waals surface area contributed by atoms with Crippen molar-refractivity contribution in [2.75, 3.05) is 25.0 Å². The first-order valence-electron chi connectivity index (χ1n) is 11.9. The molecule has 1 saturated heterocycles. The fraction of sp³-hybridized carbons (Fsp3) is 0.308. The Bertz CT molecular complexity index is 1280. The molecule has 1 aliphatic heterocycles. The summed E-state index contributed by atoms with van der Waals surface area (Å²) in [6.07, 6.45) is 7.44. The summed E-state index contributed by atoms with van der Waals surface area (Å²) in [4.78, 5) is 23.8. The van der Waals surface area contributed by atoms with Crippen LogP contribution in [0.25, 0.3) is 5.65 Å². The molecule has 1 N–H and O–H groups in total. The Labute approximate surface area is 205 Å². The first-order chi connectivity index (χ1) is 17.2. The number of amides is 1. The van der Waals surface area contributed by atoms with Gasteiger partial charge in [-0.2, -0.15) is 9.61 Å². The average Bonchev–Trinajstić information content (AvgIpc) is 3.29. The number of pyridine rings is 1. The molecular weight excluding hydrogens is 439 g/mol. The topological polar surface area (TPSA) is 84.7 Å². The van der Waals surface area contributed by atoms with Crippen LogP contribution in [0.2, 0.25) is 0 Å². The molecule has 9 heteroatoms. The van der Waals surface area contributed by atoms with E-state index in [0.29, 0.717) is 37.2 Å². The van der Waals surface area contributed by atoms with Crippen LogP contribution in [0, 0.1) is 0 Å². The van der Waals surface area contributed by atoms with Crippen molar-refractivity contribution in [1.82, 2.24) is 24.5 Å². The van der Waals surface area contributed by atoms with E-state index in [4.69, 9.17) is 17.6 Å². The standard InChI is InChI=1S/C26H27BN6O2/c27-22-17-30-33-24(29-16-19-6-4-11-28-15-19)14-23(31-26(22)33)20-7-5-12-32(18-20)25(34)10-13-35-21-8-2-1-3-9-21/h1-4,6,8-9,11,14-15,17,20,29H,5,7,10,12-13,16,18H2. The van der Waals surface area contributed by atoms with Crippen LogP contribution in [0.3, 0.4) is 0 Å². The van der Waals surface area contributed by atoms with Gasteiger partial charge in [0.1, 0.15) is 19.4 Å². The summed E-state index contributed by atoms with van der Waals surface area (Å²) in [6, 6.07) is 15.5. The molecule has 2 radical (unpaired) electrons. The third-order valence-corrected chi connectivity index (χ3v) is 6.24. The number of nitrogens with one attached hydrogen (secondary N) is 1. The van der Waals surface area contributed by atoms with Gasteiger partial charge in [-0.1, -0.05) is 24.3 Å². The van der Waals surface area contributed by atoms with Gasteiger partial charge in [0.15, 0.2) is 5.65 Å². The second-order valence-electron chi connectivity index (χ2n) is 8.71. The van der Waals surface area contributed by atoms with Crippen molar-refractivity contribution >= 4 is 30.7 Å². The summed E-state index contributed by atoms with van der Waals surface area (Å²) in [5, 5.41) is 7.83. The number of fused-ring (bicyclic) bond motifs is 1. The van der Waals surface area contributed by atoms with E-state index in [1.54, 1.807) is 16.9 Å². The third-order valence-electron chi connectivity index (χ3n) is 6.24. The predicted octanol–water partition coefficient (Wildman–Crippen LogP) is 2.71. The summed E-state index contributed by atoms with van der Waals surface area (Å²) in [5.74, 6) is 1.82. The molecule has 35 heavy (non-hydrogen) atoms. The summed E-state index contributed by atoms with van der Waals surface area (Å²) in [6.45, 7) is 2.35. The highest BCUT2D eigenvalue weighted by molar-refractivity contribution is 6.36. The zero-order valence-corrected chi connectivity index (χ0v) is 19.5. The van der Waals surface area contributed by atoms with Crippen molar-refractivity contribution in [3.63, 3.8) is 0 Å². The minimum atomic E-state index is 0.102. The molecule has 1 fully saturated rings. The van der Waals surface area contributed by atoms with Gasteiger partial charge in [-0.05, 0) is 42.1 Å². The van der Waals surface area contributed by atoms with E-state index in [0.717, 1.165) is 42.2 Å². The number of benzene rings is 1. The van der Waals surface area contributed by atoms with Crippen LogP contribution in [0.4, 0.5) is 5.82 Å². The number of hydrogen-bond acceptors (Lipinski definition) is 6. The number of carbonyl (C=O) groups is 1. The van der Waals surface area contributed by atoms with Gasteiger partial charge in [0.05, 0.1) is 18.7 Å². The third kappa shape index (κ3) is 5.45. The molecule has 3 aromatic heterocycles. The Kier molecular flexibility index (Phi) is 6.93. The number of nitrogens with zero attached hydrogens (tertiary/aromatic N) is 5. The molecule has 1 aliphatic rings. The number of piperidine rings is 1. The van der Waals surface area contributed by atoms with Crippen molar-refractivity contribution in [3.05, 3.63) is 78.4 Å². The second kappa shape index (κ2) is 10.6. The molecule has 1 atom stereocenters. The summed E-state index contributed by atoms with van der Waals surface area (Å²) < 4.78 is 7.44. The highest BCUT2D eigenvalue weighted by atomic mass is 16.5. The van der Waals surface area contributed by atoms with Crippen molar-refractivity contribution in [1.29, 1.82) is 0 Å². The van der Waals surface area contributed by atoms with Gasteiger partial charge in [0, 0.05) is 50.2 Å². The molecule has 5 rings (SSSR count). The van der Waals surface area contributed by atoms with E-state index >= 15 is 0 Å². The van der Waals surface area contributed by atoms with Crippen LogP contribution < -0.4 is 15.5 Å². The lowest BCUT2D eigenvalue weighted by Gasteiger charge is -2.33. The molecule has 0 aliphatic carbocycles. The molecule has 8 nitrogen and oxygen atoms in total. The average molecular weight is 466 g/mol. The SMILES string of the molecule is [B]c1cnn2c(NCc3cccnc3)cc(C3CCCN(C(=O)CCOc4ccccc4)C3)nc12. The second-order valence-corrected chi connectivity index (χ2v) is 8.71. The zero-order chi connectivity index (χ0) is 24.0. The fourth-order valence-corrected chi connectivity index (χ4v) is 4.41. The molecule has 1 amide bonds. The van der Waals surface area contributed by atoms with Crippen LogP contribution in [0.15, 0.2) is 67.1 Å². The maximum absolute atomic E-state index is 12.9. The smallest absolute Gasteiger partial charge is 0.226 e. The van der Waals surface area contributed by atoms with Crippen molar-refractivity contribution < 1.29 is 9.53 Å². The van der Waals surface area contributed by atoms with E-state index in [1.165, 1.54) is 0 Å². The van der Waals surface area contributed by atoms with Gasteiger partial charge < -0.3 is 15.0 Å². The Morgan fingerprint density at radius 3 is 2.89 bits per heavy atom. The molecule has 1 unspecified atom stereocenters. The summed E-state index contributed by atoms with van der Waals surface area (Å²) in [7, 11) is 6.17. The number of para-hydroxylation sites is 1. The fourth-order valence-electron chi connectivity index (χ4n) is 4.41. The van der Waals surface area contributed by atoms with Gasteiger partial charge in [-0.15, -0.1) is 0 Å². The molecular formula is C26H27BN6O2. The minimum Gasteiger partial charge on any atom is -0.493 e. The van der Waals surface area contributed by atoms with E-state index in [9.17, 15) is 4.79 Å². The van der Waals surface area contributed by atoms with Gasteiger partial charge in [-0.25, -0.2) is 4.98 Å². The molecule has 4 aromatic rings. The minimum absolute atomic E-state index is 0.102. The van der Waals surface area contributed by atoms with E-state index in [-0.39, 0.29) is 11.8 Å². The van der Waals surface area contributed by atoms with E-state index < -0.39 is 0 Å². The number of aromatic nitrogens is 4. The first kappa shape index (κ1) is 22.9. The number of anilines is 1. The Morgan fingerprint density at radius 1 is 1.17 bits per heavy atom. The monoisotopic (exact) mass is 466 g/mol. The number of hydrogen-bond donors (Lipinski definition) is 1. The highest BCUT2D eigenvalue weighted by Crippen LogP contribution is 2.28. The van der Waals surface area contributed by atoms with Crippen molar-refractivity contribution in [2.24, 2.45) is 0 Å². The van der Waals surface area contributed by atoms with Gasteiger partial charge in [0.25, 0.3) is 0 Å². The predicted molar refractivity (Wildman–Crippen MR) is 135 cm³/mol. The maximum atomic E-state index is 12.9. The van der Waals surface area contributed by atoms with Gasteiger partial charge in [0.2, 0.25) is 5.91 Å². The summed E-state index contributed by atoms with van der Waals surface area (Å²) >= 11 is 0. The van der Waals surface area contributed by atoms with Crippen molar-refractivity contribution in [2.45, 2.75) is 31.7 Å². The van der Waals surface area contributed by atoms with Crippen LogP contribution in [-0.4, -0.2) is 57.9 Å². The number of rotatable bonds is 8. The maximum Gasteiger partial charge on any atom is 0.226 e. The Hall–Kier alpha value is -3.88. The number of carbonyl (C=O) groups excluding carboxylic acids is 1. The lowest BCUT2D eigenvalue weighted by molar-refractivity contribution is -0.132. The van der Waals surface area contributed by atoms with Gasteiger partial charge >= 0.3 is 0 Å². The number of ether oxygens (including phenoxy) is 1. The Morgan fingerprint density at radius 2 is 2.06 bits per heavy atom. The van der Waals surface area contributed by atoms with Crippen LogP contribution >= 0.6 is 0 Å². The molecule has 176 valence electrons. The molecule has 0 spiro atoms. The normalized spacial score (nSPS) is 15.8. The quantitative estimate of drug-likeness (QED) is 0.402. The number of likely N-dealkylation sites (tertiary alicyclic amines) is 1. The van der Waals surface area contributed by atoms with Crippen LogP contribution in [-0.2, 0) is 11.3 Å². The highest BCUT2D eigenvalue weighted by Gasteiger charge is 2.26. The van der Waals surface area contributed by atoms with Gasteiger partial charge in [-0.3, -0.25) is 9.78 Å². The van der Waals surface area contributed by atoms with E-state index in [2.05, 4.69) is 15.4 Å². The zero-order valence-electron chi connectivity index (χ0n) is 19.5. The van der Waals surface area contributed by atoms with Crippen LogP contribution in [0.5, 0.6) is 5.75 Å². The first-order valence-corrected chi connectivity index (χ1v) is 11.9.